The van der Waals surface area contributed by atoms with Crippen LogP contribution in [-0.4, -0.2) is 39.8 Å². The molecule has 152 valence electrons. The number of nitrogens with two attached hydrogens (primary N) is 1. The van der Waals surface area contributed by atoms with Crippen molar-refractivity contribution in [2.24, 2.45) is 4.99 Å². The minimum Gasteiger partial charge on any atom is -0.481 e. The Morgan fingerprint density at radius 3 is 2.40 bits per heavy atom. The molecule has 0 bridgehead atoms. The molecule has 3 aromatic rings. The van der Waals surface area contributed by atoms with Gasteiger partial charge >= 0.3 is 0 Å². The van der Waals surface area contributed by atoms with Gasteiger partial charge in [-0.2, -0.15) is 4.98 Å². The molecule has 3 heterocycles. The minimum atomic E-state index is -0.220. The Morgan fingerprint density at radius 1 is 1.17 bits per heavy atom. The lowest BCUT2D eigenvalue weighted by atomic mass is 10.00. The van der Waals surface area contributed by atoms with Gasteiger partial charge in [-0.05, 0) is 35.4 Å². The molecular formula is C22H23N7O. The number of allylic oxidation sites excluding steroid dienone is 2. The summed E-state index contributed by atoms with van der Waals surface area (Å²) in [5.74, 6) is 1.29. The van der Waals surface area contributed by atoms with Crippen LogP contribution in [-0.2, 0) is 4.74 Å². The summed E-state index contributed by atoms with van der Waals surface area (Å²) < 4.78 is 5.23. The molecule has 0 spiro atoms. The van der Waals surface area contributed by atoms with Crippen LogP contribution in [0.15, 0.2) is 90.9 Å². The van der Waals surface area contributed by atoms with Crippen LogP contribution in [0.3, 0.4) is 0 Å². The van der Waals surface area contributed by atoms with E-state index in [-0.39, 0.29) is 12.0 Å². The fraction of sp³-hybridized carbons (Fsp3) is 0.136. The maximum absolute atomic E-state index is 5.86. The van der Waals surface area contributed by atoms with Gasteiger partial charge in [-0.15, -0.1) is 0 Å². The maximum atomic E-state index is 5.86. The number of hydrogen-bond acceptors (Lipinski definition) is 8. The number of nitrogens with zero attached hydrogens (tertiary/aromatic N) is 6. The molecule has 0 radical (unpaired) electrons. The van der Waals surface area contributed by atoms with Crippen LogP contribution in [0.5, 0.6) is 0 Å². The van der Waals surface area contributed by atoms with Crippen molar-refractivity contribution in [3.8, 4) is 0 Å². The molecule has 0 aliphatic heterocycles. The lowest BCUT2D eigenvalue weighted by Gasteiger charge is -2.32. The zero-order valence-electron chi connectivity index (χ0n) is 16.7. The lowest BCUT2D eigenvalue weighted by Crippen LogP contribution is -2.32. The van der Waals surface area contributed by atoms with Crippen molar-refractivity contribution >= 4 is 18.0 Å². The third-order valence-corrected chi connectivity index (χ3v) is 4.23. The van der Waals surface area contributed by atoms with Gasteiger partial charge < -0.3 is 15.4 Å². The number of anilines is 2. The number of ether oxygens (including phenoxy) is 1. The number of rotatable bonds is 9. The van der Waals surface area contributed by atoms with Crippen molar-refractivity contribution in [2.45, 2.75) is 6.04 Å². The van der Waals surface area contributed by atoms with Gasteiger partial charge in [0.15, 0.2) is 0 Å². The van der Waals surface area contributed by atoms with Gasteiger partial charge in [0, 0.05) is 37.2 Å². The smallest absolute Gasteiger partial charge is 0.221 e. The third-order valence-electron chi connectivity index (χ3n) is 4.23. The van der Waals surface area contributed by atoms with Gasteiger partial charge in [0.2, 0.25) is 11.8 Å². The fourth-order valence-electron chi connectivity index (χ4n) is 2.97. The molecule has 2 N–H and O–H groups in total. The maximum Gasteiger partial charge on any atom is 0.221 e. The molecule has 0 fully saturated rings. The summed E-state index contributed by atoms with van der Waals surface area (Å²) in [5.41, 5.74) is 7.82. The summed E-state index contributed by atoms with van der Waals surface area (Å²) in [7, 11) is 1.56. The second-order valence-corrected chi connectivity index (χ2v) is 6.16. The molecule has 0 unspecified atom stereocenters. The van der Waals surface area contributed by atoms with Gasteiger partial charge in [-0.1, -0.05) is 24.8 Å². The topological polar surface area (TPSA) is 102 Å². The van der Waals surface area contributed by atoms with Crippen molar-refractivity contribution in [1.29, 1.82) is 0 Å². The predicted molar refractivity (Wildman–Crippen MR) is 118 cm³/mol. The van der Waals surface area contributed by atoms with E-state index in [1.807, 2.05) is 36.7 Å². The first-order chi connectivity index (χ1) is 14.7. The van der Waals surface area contributed by atoms with Crippen molar-refractivity contribution in [2.75, 3.05) is 24.3 Å². The standard InChI is InChI=1S/C22H23N7O/c1-3-6-20(30-2)26-13-14-29(19-9-12-27-22(23)28-19)21(17-7-4-10-24-15-17)18-8-5-11-25-16-18/h3-13,15-16,21H,1,14H2,2H3,(H2,23,27,28)/b20-6+,26-13-. The van der Waals surface area contributed by atoms with E-state index in [9.17, 15) is 0 Å². The molecule has 8 nitrogen and oxygen atoms in total. The van der Waals surface area contributed by atoms with Crippen LogP contribution < -0.4 is 10.6 Å². The van der Waals surface area contributed by atoms with Crippen LogP contribution in [0.25, 0.3) is 0 Å². The Kier molecular flexibility index (Phi) is 7.21. The highest BCUT2D eigenvalue weighted by Crippen LogP contribution is 2.31. The van der Waals surface area contributed by atoms with Gasteiger partial charge in [-0.25, -0.2) is 9.98 Å². The summed E-state index contributed by atoms with van der Waals surface area (Å²) in [5, 5.41) is 0. The number of pyridine rings is 2. The molecule has 0 saturated carbocycles. The number of aromatic nitrogens is 4. The largest absolute Gasteiger partial charge is 0.481 e. The fourth-order valence-corrected chi connectivity index (χ4v) is 2.97. The first kappa shape index (κ1) is 20.7. The highest BCUT2D eigenvalue weighted by molar-refractivity contribution is 5.67. The molecular weight excluding hydrogens is 378 g/mol. The Labute approximate surface area is 175 Å². The number of aliphatic imine (C=N–C) groups is 1. The first-order valence-electron chi connectivity index (χ1n) is 9.27. The van der Waals surface area contributed by atoms with E-state index in [4.69, 9.17) is 10.5 Å². The Hall–Kier alpha value is -4.07. The normalized spacial score (nSPS) is 11.6. The Balaban J connectivity index is 2.06. The average molecular weight is 401 g/mol. The predicted octanol–water partition coefficient (Wildman–Crippen LogP) is 3.19. The molecule has 0 aliphatic carbocycles. The van der Waals surface area contributed by atoms with Crippen molar-refractivity contribution < 1.29 is 4.74 Å². The highest BCUT2D eigenvalue weighted by atomic mass is 16.5. The quantitative estimate of drug-likeness (QED) is 0.334. The van der Waals surface area contributed by atoms with E-state index in [0.717, 1.165) is 11.1 Å². The van der Waals surface area contributed by atoms with Gasteiger partial charge in [0.1, 0.15) is 5.82 Å². The number of nitrogen functional groups attached to an aromatic ring is 1. The van der Waals surface area contributed by atoms with E-state index in [1.165, 1.54) is 0 Å². The van der Waals surface area contributed by atoms with Crippen molar-refractivity contribution in [3.05, 3.63) is 97.1 Å². The molecule has 3 rings (SSSR count). The van der Waals surface area contributed by atoms with E-state index in [1.54, 1.807) is 50.1 Å². The van der Waals surface area contributed by atoms with Crippen LogP contribution in [0.2, 0.25) is 0 Å². The zero-order valence-corrected chi connectivity index (χ0v) is 16.7. The number of methoxy groups -OCH3 is 1. The van der Waals surface area contributed by atoms with Crippen LogP contribution >= 0.6 is 0 Å². The van der Waals surface area contributed by atoms with Crippen molar-refractivity contribution in [3.63, 3.8) is 0 Å². The molecule has 3 aromatic heterocycles. The number of hydrogen-bond donors (Lipinski definition) is 1. The molecule has 0 aliphatic rings. The van der Waals surface area contributed by atoms with Crippen LogP contribution in [0.4, 0.5) is 11.8 Å². The van der Waals surface area contributed by atoms with Crippen LogP contribution in [0, 0.1) is 0 Å². The molecule has 0 aromatic carbocycles. The lowest BCUT2D eigenvalue weighted by molar-refractivity contribution is 0.289. The Bertz CT molecular complexity index is 967. The van der Waals surface area contributed by atoms with E-state index in [0.29, 0.717) is 18.2 Å². The minimum absolute atomic E-state index is 0.190. The first-order valence-corrected chi connectivity index (χ1v) is 9.27. The monoisotopic (exact) mass is 401 g/mol. The summed E-state index contributed by atoms with van der Waals surface area (Å²) in [6.07, 6.45) is 13.8. The molecule has 8 heteroatoms. The summed E-state index contributed by atoms with van der Waals surface area (Å²) in [4.78, 5) is 23.5. The van der Waals surface area contributed by atoms with Gasteiger partial charge in [0.25, 0.3) is 0 Å². The van der Waals surface area contributed by atoms with E-state index < -0.39 is 0 Å². The second-order valence-electron chi connectivity index (χ2n) is 6.16. The molecule has 0 saturated heterocycles. The van der Waals surface area contributed by atoms with Crippen molar-refractivity contribution in [1.82, 2.24) is 19.9 Å². The Morgan fingerprint density at radius 2 is 1.87 bits per heavy atom. The van der Waals surface area contributed by atoms with E-state index in [2.05, 4.69) is 36.4 Å². The van der Waals surface area contributed by atoms with Gasteiger partial charge in [-0.3, -0.25) is 9.97 Å². The van der Waals surface area contributed by atoms with E-state index >= 15 is 0 Å². The zero-order chi connectivity index (χ0) is 21.2. The SMILES string of the molecule is C=C/C=C(\N=C/CN(c1ccnc(N)n1)C(c1cccnc1)c1cccnc1)OC. The average Bonchev–Trinajstić information content (AvgIpc) is 2.79. The highest BCUT2D eigenvalue weighted by Gasteiger charge is 2.24. The van der Waals surface area contributed by atoms with Crippen LogP contribution in [0.1, 0.15) is 17.2 Å². The molecule has 0 amide bonds. The summed E-state index contributed by atoms with van der Waals surface area (Å²) >= 11 is 0. The second kappa shape index (κ2) is 10.5. The molecule has 30 heavy (non-hydrogen) atoms. The third kappa shape index (κ3) is 5.26. The summed E-state index contributed by atoms with van der Waals surface area (Å²) in [6, 6.07) is 9.41. The molecule has 0 atom stereocenters. The van der Waals surface area contributed by atoms with Gasteiger partial charge in [0.05, 0.1) is 19.7 Å². The summed E-state index contributed by atoms with van der Waals surface area (Å²) in [6.45, 7) is 4.09.